The lowest BCUT2D eigenvalue weighted by atomic mass is 9.93. The second-order valence-electron chi connectivity index (χ2n) is 6.20. The number of rotatable bonds is 2. The number of aryl methyl sites for hydroxylation is 1. The lowest BCUT2D eigenvalue weighted by molar-refractivity contribution is -0.126. The zero-order chi connectivity index (χ0) is 16.9. The van der Waals surface area contributed by atoms with Gasteiger partial charge in [-0.3, -0.25) is 4.79 Å². The first-order valence-corrected chi connectivity index (χ1v) is 8.49. The molecule has 2 aromatic rings. The second-order valence-corrected chi connectivity index (χ2v) is 6.64. The summed E-state index contributed by atoms with van der Waals surface area (Å²) in [7, 11) is 0. The van der Waals surface area contributed by atoms with Crippen molar-refractivity contribution in [2.75, 3.05) is 6.61 Å². The van der Waals surface area contributed by atoms with Crippen molar-refractivity contribution in [1.82, 2.24) is 20.3 Å². The molecule has 0 unspecified atom stereocenters. The maximum absolute atomic E-state index is 12.7. The molecular formula is C17H21ClN4O2. The first-order chi connectivity index (χ1) is 11.6. The molecule has 7 heteroatoms. The third-order valence-corrected chi connectivity index (χ3v) is 4.39. The highest BCUT2D eigenvalue weighted by Gasteiger charge is 2.22. The van der Waals surface area contributed by atoms with E-state index >= 15 is 0 Å². The molecule has 0 radical (unpaired) electrons. The molecule has 1 aromatic carbocycles. The normalized spacial score (nSPS) is 22.3. The van der Waals surface area contributed by atoms with Crippen LogP contribution in [0.2, 0.25) is 5.02 Å². The molecule has 2 heterocycles. The van der Waals surface area contributed by atoms with Gasteiger partial charge >= 0.3 is 0 Å². The number of amides is 1. The number of fused-ring (bicyclic) bond motifs is 1. The van der Waals surface area contributed by atoms with Crippen LogP contribution in [0, 0.1) is 5.92 Å². The minimum atomic E-state index is -0.132. The number of hydrogen-bond donors (Lipinski definition) is 1. The highest BCUT2D eigenvalue weighted by atomic mass is 35.5. The number of carbonyl (C=O) groups is 1. The number of benzene rings is 1. The Bertz CT molecular complexity index is 703. The number of carbonyl (C=O) groups excluding carboxylic acids is 1. The predicted molar refractivity (Wildman–Crippen MR) is 90.5 cm³/mol. The maximum atomic E-state index is 12.7. The van der Waals surface area contributed by atoms with Gasteiger partial charge in [-0.05, 0) is 43.9 Å². The summed E-state index contributed by atoms with van der Waals surface area (Å²) in [6.45, 7) is 2.73. The van der Waals surface area contributed by atoms with E-state index in [4.69, 9.17) is 16.3 Å². The van der Waals surface area contributed by atoms with Crippen LogP contribution >= 0.6 is 11.6 Å². The Morgan fingerprint density at radius 2 is 2.33 bits per heavy atom. The van der Waals surface area contributed by atoms with E-state index in [9.17, 15) is 4.79 Å². The number of halogens is 1. The van der Waals surface area contributed by atoms with Gasteiger partial charge < -0.3 is 10.1 Å². The molecule has 3 rings (SSSR count). The molecule has 128 valence electrons. The maximum Gasteiger partial charge on any atom is 0.223 e. The minimum absolute atomic E-state index is 0.0481. The lowest BCUT2D eigenvalue weighted by Crippen LogP contribution is -2.40. The highest BCUT2D eigenvalue weighted by Crippen LogP contribution is 2.19. The molecule has 1 aliphatic rings. The Morgan fingerprint density at radius 1 is 1.46 bits per heavy atom. The molecule has 2 atom stereocenters. The van der Waals surface area contributed by atoms with Gasteiger partial charge in [0, 0.05) is 17.0 Å². The van der Waals surface area contributed by atoms with Gasteiger partial charge in [0.2, 0.25) is 5.91 Å². The third-order valence-electron chi connectivity index (χ3n) is 4.16. The number of nitrogens with one attached hydrogen (secondary N) is 1. The lowest BCUT2D eigenvalue weighted by Gasteiger charge is -2.19. The van der Waals surface area contributed by atoms with Crippen LogP contribution in [0.3, 0.4) is 0 Å². The SMILES string of the molecule is C[C@@H]1COCn2nncc2CC[C@H](Cc2cccc(Cl)c2)C(=O)N1. The van der Waals surface area contributed by atoms with Crippen molar-refractivity contribution in [3.8, 4) is 0 Å². The molecule has 24 heavy (non-hydrogen) atoms. The van der Waals surface area contributed by atoms with E-state index < -0.39 is 0 Å². The Hall–Kier alpha value is -1.92. The summed E-state index contributed by atoms with van der Waals surface area (Å²) in [5.74, 6) is -0.0839. The Labute approximate surface area is 146 Å². The topological polar surface area (TPSA) is 69.0 Å². The van der Waals surface area contributed by atoms with Gasteiger partial charge in [0.25, 0.3) is 0 Å². The zero-order valence-corrected chi connectivity index (χ0v) is 14.4. The molecule has 1 amide bonds. The molecule has 1 aromatic heterocycles. The van der Waals surface area contributed by atoms with Crippen molar-refractivity contribution < 1.29 is 9.53 Å². The highest BCUT2D eigenvalue weighted by molar-refractivity contribution is 6.30. The van der Waals surface area contributed by atoms with Crippen LogP contribution in [0.5, 0.6) is 0 Å². The van der Waals surface area contributed by atoms with Gasteiger partial charge in [0.05, 0.1) is 18.5 Å². The Balaban J connectivity index is 1.79. The number of hydrogen-bond acceptors (Lipinski definition) is 4. The first-order valence-electron chi connectivity index (χ1n) is 8.12. The Morgan fingerprint density at radius 3 is 3.17 bits per heavy atom. The summed E-state index contributed by atoms with van der Waals surface area (Å²) >= 11 is 6.07. The van der Waals surface area contributed by atoms with E-state index in [0.717, 1.165) is 24.1 Å². The standard InChI is InChI=1S/C17H21ClN4O2/c1-12-10-24-11-22-16(9-19-21-22)6-5-14(17(23)20-12)7-13-3-2-4-15(18)8-13/h2-4,8-9,12,14H,5-7,10-11H2,1H3,(H,20,23)/t12-,14-/m1/s1. The molecule has 0 saturated carbocycles. The fraction of sp³-hybridized carbons (Fsp3) is 0.471. The van der Waals surface area contributed by atoms with E-state index in [1.807, 2.05) is 31.2 Å². The van der Waals surface area contributed by atoms with Crippen molar-refractivity contribution in [3.05, 3.63) is 46.7 Å². The first kappa shape index (κ1) is 16.9. The molecular weight excluding hydrogens is 328 g/mol. The fourth-order valence-electron chi connectivity index (χ4n) is 2.90. The van der Waals surface area contributed by atoms with E-state index in [1.165, 1.54) is 0 Å². The van der Waals surface area contributed by atoms with Crippen LogP contribution in [-0.4, -0.2) is 33.5 Å². The number of nitrogens with zero attached hydrogens (tertiary/aromatic N) is 3. The van der Waals surface area contributed by atoms with Crippen LogP contribution < -0.4 is 5.32 Å². The monoisotopic (exact) mass is 348 g/mol. The summed E-state index contributed by atoms with van der Waals surface area (Å²) in [6.07, 6.45) is 3.84. The smallest absolute Gasteiger partial charge is 0.223 e. The van der Waals surface area contributed by atoms with E-state index in [-0.39, 0.29) is 17.9 Å². The van der Waals surface area contributed by atoms with Gasteiger partial charge in [0.1, 0.15) is 6.73 Å². The van der Waals surface area contributed by atoms with Crippen molar-refractivity contribution in [3.63, 3.8) is 0 Å². The summed E-state index contributed by atoms with van der Waals surface area (Å²) in [5, 5.41) is 11.7. The summed E-state index contributed by atoms with van der Waals surface area (Å²) in [4.78, 5) is 12.7. The van der Waals surface area contributed by atoms with Gasteiger partial charge in [-0.1, -0.05) is 28.9 Å². The molecule has 1 N–H and O–H groups in total. The van der Waals surface area contributed by atoms with Crippen LogP contribution in [0.4, 0.5) is 0 Å². The summed E-state index contributed by atoms with van der Waals surface area (Å²) < 4.78 is 7.36. The molecule has 1 aliphatic heterocycles. The second kappa shape index (κ2) is 7.77. The van der Waals surface area contributed by atoms with Crippen molar-refractivity contribution in [2.24, 2.45) is 5.92 Å². The predicted octanol–water partition coefficient (Wildman–Crippen LogP) is 2.22. The van der Waals surface area contributed by atoms with Crippen LogP contribution in [-0.2, 0) is 29.1 Å². The number of ether oxygens (including phenoxy) is 1. The molecule has 6 nitrogen and oxygen atoms in total. The molecule has 0 fully saturated rings. The third kappa shape index (κ3) is 4.33. The van der Waals surface area contributed by atoms with Gasteiger partial charge in [-0.15, -0.1) is 5.10 Å². The van der Waals surface area contributed by atoms with Crippen molar-refractivity contribution in [2.45, 2.75) is 39.0 Å². The summed E-state index contributed by atoms with van der Waals surface area (Å²) in [5.41, 5.74) is 2.04. The van der Waals surface area contributed by atoms with Gasteiger partial charge in [-0.2, -0.15) is 0 Å². The number of aromatic nitrogens is 3. The zero-order valence-electron chi connectivity index (χ0n) is 13.6. The van der Waals surface area contributed by atoms with E-state index in [1.54, 1.807) is 10.9 Å². The van der Waals surface area contributed by atoms with Gasteiger partial charge in [0.15, 0.2) is 0 Å². The average Bonchev–Trinajstić information content (AvgIpc) is 2.97. The summed E-state index contributed by atoms with van der Waals surface area (Å²) in [6, 6.07) is 7.62. The molecule has 0 aliphatic carbocycles. The van der Waals surface area contributed by atoms with E-state index in [0.29, 0.717) is 24.8 Å². The Kier molecular flexibility index (Phi) is 5.48. The minimum Gasteiger partial charge on any atom is -0.357 e. The van der Waals surface area contributed by atoms with Gasteiger partial charge in [-0.25, -0.2) is 4.68 Å². The molecule has 0 saturated heterocycles. The molecule has 0 spiro atoms. The molecule has 0 bridgehead atoms. The van der Waals surface area contributed by atoms with Crippen molar-refractivity contribution >= 4 is 17.5 Å². The van der Waals surface area contributed by atoms with Crippen LogP contribution in [0.1, 0.15) is 24.6 Å². The van der Waals surface area contributed by atoms with E-state index in [2.05, 4.69) is 15.6 Å². The van der Waals surface area contributed by atoms with Crippen molar-refractivity contribution in [1.29, 1.82) is 0 Å². The van der Waals surface area contributed by atoms with Crippen LogP contribution in [0.15, 0.2) is 30.5 Å². The average molecular weight is 349 g/mol. The largest absolute Gasteiger partial charge is 0.357 e. The fourth-order valence-corrected chi connectivity index (χ4v) is 3.11. The van der Waals surface area contributed by atoms with Crippen LogP contribution in [0.25, 0.3) is 0 Å². The quantitative estimate of drug-likeness (QED) is 0.903.